The third kappa shape index (κ3) is 4.92. The Balaban J connectivity index is 2.09. The lowest BCUT2D eigenvalue weighted by atomic mass is 10.2. The van der Waals surface area contributed by atoms with Gasteiger partial charge in [0.05, 0.1) is 26.2 Å². The number of ether oxygens (including phenoxy) is 2. The number of carbonyl (C=O) groups is 1. The molecule has 1 aliphatic heterocycles. The number of amides is 1. The normalized spacial score (nSPS) is 21.1. The second kappa shape index (κ2) is 7.60. The van der Waals surface area contributed by atoms with Crippen LogP contribution in [-0.2, 0) is 14.3 Å². The Kier molecular flexibility index (Phi) is 6.37. The molecule has 1 aliphatic rings. The largest absolute Gasteiger partial charge is 0.382 e. The first kappa shape index (κ1) is 13.4. The highest BCUT2D eigenvalue weighted by Crippen LogP contribution is 2.01. The van der Waals surface area contributed by atoms with Crippen LogP contribution in [0, 0.1) is 0 Å². The van der Waals surface area contributed by atoms with E-state index >= 15 is 0 Å². The lowest BCUT2D eigenvalue weighted by Crippen LogP contribution is -2.51. The fourth-order valence-corrected chi connectivity index (χ4v) is 1.72. The molecular weight excluding hydrogens is 208 g/mol. The molecule has 1 atom stereocenters. The summed E-state index contributed by atoms with van der Waals surface area (Å²) in [5.41, 5.74) is 0. The van der Waals surface area contributed by atoms with Crippen LogP contribution in [0.25, 0.3) is 0 Å². The van der Waals surface area contributed by atoms with Gasteiger partial charge in [0.15, 0.2) is 0 Å². The van der Waals surface area contributed by atoms with Gasteiger partial charge in [0.2, 0.25) is 5.91 Å². The van der Waals surface area contributed by atoms with Gasteiger partial charge in [-0.2, -0.15) is 0 Å². The maximum atomic E-state index is 11.8. The third-order valence-corrected chi connectivity index (χ3v) is 2.61. The summed E-state index contributed by atoms with van der Waals surface area (Å²) in [6.07, 6.45) is 0.469. The van der Waals surface area contributed by atoms with E-state index in [2.05, 4.69) is 12.2 Å². The number of rotatable bonds is 6. The molecule has 1 unspecified atom stereocenters. The maximum Gasteiger partial charge on any atom is 0.224 e. The Bertz CT molecular complexity index is 211. The fraction of sp³-hybridized carbons (Fsp3) is 0.909. The van der Waals surface area contributed by atoms with Crippen molar-refractivity contribution in [3.05, 3.63) is 0 Å². The minimum Gasteiger partial charge on any atom is -0.382 e. The van der Waals surface area contributed by atoms with Crippen molar-refractivity contribution >= 4 is 5.91 Å². The number of hydrogen-bond acceptors (Lipinski definition) is 4. The van der Waals surface area contributed by atoms with Gasteiger partial charge in [-0.25, -0.2) is 0 Å². The van der Waals surface area contributed by atoms with Crippen LogP contribution in [0.5, 0.6) is 0 Å². The molecular formula is C11H22N2O3. The van der Waals surface area contributed by atoms with Crippen molar-refractivity contribution in [2.45, 2.75) is 19.4 Å². The molecule has 5 nitrogen and oxygen atoms in total. The zero-order valence-electron chi connectivity index (χ0n) is 10.2. The summed E-state index contributed by atoms with van der Waals surface area (Å²) >= 11 is 0. The van der Waals surface area contributed by atoms with E-state index in [1.54, 1.807) is 7.11 Å². The number of piperazine rings is 1. The molecule has 16 heavy (non-hydrogen) atoms. The number of nitrogens with zero attached hydrogens (tertiary/aromatic N) is 1. The number of hydrogen-bond donors (Lipinski definition) is 1. The van der Waals surface area contributed by atoms with Crippen molar-refractivity contribution in [2.24, 2.45) is 0 Å². The molecule has 0 bridgehead atoms. The van der Waals surface area contributed by atoms with Crippen molar-refractivity contribution in [1.82, 2.24) is 10.2 Å². The molecule has 0 aromatic heterocycles. The van der Waals surface area contributed by atoms with Crippen LogP contribution in [-0.4, -0.2) is 63.4 Å². The lowest BCUT2D eigenvalue weighted by molar-refractivity contribution is -0.133. The maximum absolute atomic E-state index is 11.8. The van der Waals surface area contributed by atoms with E-state index in [-0.39, 0.29) is 5.91 Å². The Labute approximate surface area is 97.1 Å². The van der Waals surface area contributed by atoms with Gasteiger partial charge < -0.3 is 19.7 Å². The van der Waals surface area contributed by atoms with Crippen molar-refractivity contribution in [1.29, 1.82) is 0 Å². The highest BCUT2D eigenvalue weighted by molar-refractivity contribution is 5.76. The Morgan fingerprint density at radius 3 is 2.94 bits per heavy atom. The van der Waals surface area contributed by atoms with Crippen LogP contribution in [0.3, 0.4) is 0 Å². The van der Waals surface area contributed by atoms with E-state index in [1.165, 1.54) is 0 Å². The molecule has 0 aromatic carbocycles. The standard InChI is InChI=1S/C11H22N2O3/c1-10-9-13(5-4-12-10)11(14)3-6-16-8-7-15-2/h10,12H,3-9H2,1-2H3. The van der Waals surface area contributed by atoms with Gasteiger partial charge in [0, 0.05) is 32.8 Å². The molecule has 5 heteroatoms. The van der Waals surface area contributed by atoms with Crippen molar-refractivity contribution in [3.63, 3.8) is 0 Å². The lowest BCUT2D eigenvalue weighted by Gasteiger charge is -2.31. The Morgan fingerprint density at radius 1 is 1.44 bits per heavy atom. The molecule has 1 saturated heterocycles. The second-order valence-corrected chi connectivity index (χ2v) is 4.05. The molecule has 1 fully saturated rings. The summed E-state index contributed by atoms with van der Waals surface area (Å²) in [6.45, 7) is 6.21. The fourth-order valence-electron chi connectivity index (χ4n) is 1.72. The van der Waals surface area contributed by atoms with E-state index in [9.17, 15) is 4.79 Å². The van der Waals surface area contributed by atoms with E-state index in [4.69, 9.17) is 9.47 Å². The van der Waals surface area contributed by atoms with Gasteiger partial charge >= 0.3 is 0 Å². The average molecular weight is 230 g/mol. The molecule has 0 aromatic rings. The van der Waals surface area contributed by atoms with Crippen LogP contribution in [0.1, 0.15) is 13.3 Å². The summed E-state index contributed by atoms with van der Waals surface area (Å²) < 4.78 is 10.1. The van der Waals surface area contributed by atoms with Crippen molar-refractivity contribution in [3.8, 4) is 0 Å². The van der Waals surface area contributed by atoms with Gasteiger partial charge in [-0.05, 0) is 6.92 Å². The monoisotopic (exact) mass is 230 g/mol. The first-order valence-corrected chi connectivity index (χ1v) is 5.82. The molecule has 0 spiro atoms. The smallest absolute Gasteiger partial charge is 0.224 e. The van der Waals surface area contributed by atoms with Crippen molar-refractivity contribution < 1.29 is 14.3 Å². The summed E-state index contributed by atoms with van der Waals surface area (Å²) in [6, 6.07) is 0.395. The summed E-state index contributed by atoms with van der Waals surface area (Å²) in [5, 5.41) is 3.31. The molecule has 1 N–H and O–H groups in total. The molecule has 1 amide bonds. The van der Waals surface area contributed by atoms with Crippen LogP contribution >= 0.6 is 0 Å². The first-order chi connectivity index (χ1) is 7.74. The average Bonchev–Trinajstić information content (AvgIpc) is 2.28. The third-order valence-electron chi connectivity index (χ3n) is 2.61. The van der Waals surface area contributed by atoms with Crippen LogP contribution < -0.4 is 5.32 Å². The molecule has 0 radical (unpaired) electrons. The van der Waals surface area contributed by atoms with E-state index in [0.29, 0.717) is 32.3 Å². The van der Waals surface area contributed by atoms with Crippen LogP contribution in [0.15, 0.2) is 0 Å². The minimum atomic E-state index is 0.186. The Hall–Kier alpha value is -0.650. The Morgan fingerprint density at radius 2 is 2.25 bits per heavy atom. The predicted molar refractivity (Wildman–Crippen MR) is 61.4 cm³/mol. The zero-order valence-corrected chi connectivity index (χ0v) is 10.2. The topological polar surface area (TPSA) is 50.8 Å². The molecule has 94 valence electrons. The highest BCUT2D eigenvalue weighted by Gasteiger charge is 2.19. The van der Waals surface area contributed by atoms with E-state index < -0.39 is 0 Å². The van der Waals surface area contributed by atoms with Crippen LogP contribution in [0.2, 0.25) is 0 Å². The van der Waals surface area contributed by atoms with Gasteiger partial charge in [-0.15, -0.1) is 0 Å². The first-order valence-electron chi connectivity index (χ1n) is 5.82. The van der Waals surface area contributed by atoms with Gasteiger partial charge in [-0.3, -0.25) is 4.79 Å². The molecule has 1 heterocycles. The second-order valence-electron chi connectivity index (χ2n) is 4.05. The summed E-state index contributed by atoms with van der Waals surface area (Å²) in [5.74, 6) is 0.186. The van der Waals surface area contributed by atoms with Gasteiger partial charge in [0.25, 0.3) is 0 Å². The number of nitrogens with one attached hydrogen (secondary N) is 1. The van der Waals surface area contributed by atoms with E-state index in [0.717, 1.165) is 19.6 Å². The quantitative estimate of drug-likeness (QED) is 0.645. The van der Waals surface area contributed by atoms with Gasteiger partial charge in [0.1, 0.15) is 0 Å². The number of carbonyl (C=O) groups excluding carboxylic acids is 1. The molecule has 0 aliphatic carbocycles. The van der Waals surface area contributed by atoms with E-state index in [1.807, 2.05) is 4.90 Å². The predicted octanol–water partition coefficient (Wildman–Crippen LogP) is -0.140. The van der Waals surface area contributed by atoms with Gasteiger partial charge in [-0.1, -0.05) is 0 Å². The summed E-state index contributed by atoms with van der Waals surface area (Å²) in [7, 11) is 1.64. The highest BCUT2D eigenvalue weighted by atomic mass is 16.5. The number of methoxy groups -OCH3 is 1. The van der Waals surface area contributed by atoms with Crippen molar-refractivity contribution in [2.75, 3.05) is 46.6 Å². The summed E-state index contributed by atoms with van der Waals surface area (Å²) in [4.78, 5) is 13.7. The minimum absolute atomic E-state index is 0.186. The molecule has 0 saturated carbocycles. The SMILES string of the molecule is COCCOCCC(=O)N1CCNC(C)C1. The molecule has 1 rings (SSSR count). The van der Waals surface area contributed by atoms with Crippen LogP contribution in [0.4, 0.5) is 0 Å². The zero-order chi connectivity index (χ0) is 11.8.